The fraction of sp³-hybridized carbons (Fsp3) is 0.368. The Labute approximate surface area is 142 Å². The number of carbonyl (C=O) groups is 1. The van der Waals surface area contributed by atoms with Crippen molar-refractivity contribution < 1.29 is 9.21 Å². The SMILES string of the molecule is Cc1ccc(NCC(=O)N/N=C\c2ccc([C@@H]3C[C@H]3C)o2)c(C)c1. The van der Waals surface area contributed by atoms with Crippen molar-refractivity contribution in [2.75, 3.05) is 11.9 Å². The van der Waals surface area contributed by atoms with Crippen LogP contribution in [0.15, 0.2) is 39.9 Å². The summed E-state index contributed by atoms with van der Waals surface area (Å²) in [5.41, 5.74) is 5.77. The number of amides is 1. The van der Waals surface area contributed by atoms with Crippen LogP contribution in [0, 0.1) is 19.8 Å². The summed E-state index contributed by atoms with van der Waals surface area (Å²) in [4.78, 5) is 11.8. The number of benzene rings is 1. The summed E-state index contributed by atoms with van der Waals surface area (Å²) in [6.45, 7) is 6.44. The Bertz CT molecular complexity index is 764. The third-order valence-corrected chi connectivity index (χ3v) is 4.32. The van der Waals surface area contributed by atoms with Gasteiger partial charge in [0.05, 0.1) is 12.8 Å². The van der Waals surface area contributed by atoms with Gasteiger partial charge in [-0.3, -0.25) is 4.79 Å². The monoisotopic (exact) mass is 325 g/mol. The zero-order valence-corrected chi connectivity index (χ0v) is 14.3. The number of rotatable bonds is 6. The van der Waals surface area contributed by atoms with Crippen molar-refractivity contribution in [3.63, 3.8) is 0 Å². The quantitative estimate of drug-likeness (QED) is 0.630. The van der Waals surface area contributed by atoms with E-state index >= 15 is 0 Å². The van der Waals surface area contributed by atoms with Crippen molar-refractivity contribution in [3.8, 4) is 0 Å². The molecule has 2 aromatic rings. The van der Waals surface area contributed by atoms with E-state index in [4.69, 9.17) is 4.42 Å². The van der Waals surface area contributed by atoms with Crippen LogP contribution in [0.5, 0.6) is 0 Å². The molecule has 1 aromatic heterocycles. The highest BCUT2D eigenvalue weighted by Gasteiger charge is 2.36. The van der Waals surface area contributed by atoms with E-state index in [0.717, 1.165) is 17.0 Å². The predicted octanol–water partition coefficient (Wildman–Crippen LogP) is 3.58. The number of hydrazone groups is 1. The molecular formula is C19H23N3O2. The molecule has 1 aromatic carbocycles. The van der Waals surface area contributed by atoms with Crippen LogP contribution in [-0.4, -0.2) is 18.7 Å². The van der Waals surface area contributed by atoms with E-state index in [1.54, 1.807) is 0 Å². The molecule has 1 aliphatic carbocycles. The standard InChI is InChI=1S/C19H23N3O2/c1-12-4-6-17(14(3)8-12)20-11-19(23)22-21-10-15-5-7-18(24-15)16-9-13(16)2/h4-8,10,13,16,20H,9,11H2,1-3H3,(H,22,23)/b21-10-/t13-,16-/m1/s1. The molecule has 0 aliphatic heterocycles. The van der Waals surface area contributed by atoms with Crippen molar-refractivity contribution in [1.82, 2.24) is 5.43 Å². The lowest BCUT2D eigenvalue weighted by Gasteiger charge is -2.09. The summed E-state index contributed by atoms with van der Waals surface area (Å²) in [5, 5.41) is 7.06. The number of anilines is 1. The fourth-order valence-corrected chi connectivity index (χ4v) is 2.75. The Morgan fingerprint density at radius 2 is 2.12 bits per heavy atom. The smallest absolute Gasteiger partial charge is 0.259 e. The Morgan fingerprint density at radius 3 is 2.83 bits per heavy atom. The first-order chi connectivity index (χ1) is 11.5. The van der Waals surface area contributed by atoms with Gasteiger partial charge in [0, 0.05) is 11.6 Å². The molecule has 1 heterocycles. The number of nitrogens with one attached hydrogen (secondary N) is 2. The van der Waals surface area contributed by atoms with Gasteiger partial charge in [-0.25, -0.2) is 5.43 Å². The van der Waals surface area contributed by atoms with Crippen molar-refractivity contribution in [3.05, 3.63) is 53.0 Å². The van der Waals surface area contributed by atoms with Crippen LogP contribution in [-0.2, 0) is 4.79 Å². The summed E-state index contributed by atoms with van der Waals surface area (Å²) < 4.78 is 5.70. The molecule has 126 valence electrons. The van der Waals surface area contributed by atoms with Gasteiger partial charge in [-0.15, -0.1) is 0 Å². The minimum absolute atomic E-state index is 0.171. The first kappa shape index (κ1) is 16.3. The first-order valence-corrected chi connectivity index (χ1v) is 8.25. The second-order valence-electron chi connectivity index (χ2n) is 6.52. The van der Waals surface area contributed by atoms with Crippen LogP contribution < -0.4 is 10.7 Å². The summed E-state index contributed by atoms with van der Waals surface area (Å²) >= 11 is 0. The molecular weight excluding hydrogens is 302 g/mol. The molecule has 0 radical (unpaired) electrons. The average Bonchev–Trinajstić information content (AvgIpc) is 3.08. The van der Waals surface area contributed by atoms with Gasteiger partial charge in [0.2, 0.25) is 0 Å². The van der Waals surface area contributed by atoms with E-state index in [9.17, 15) is 4.79 Å². The molecule has 24 heavy (non-hydrogen) atoms. The average molecular weight is 325 g/mol. The Hall–Kier alpha value is -2.56. The van der Waals surface area contributed by atoms with E-state index < -0.39 is 0 Å². The van der Waals surface area contributed by atoms with Crippen LogP contribution in [0.25, 0.3) is 0 Å². The summed E-state index contributed by atoms with van der Waals surface area (Å²) in [7, 11) is 0. The molecule has 3 rings (SSSR count). The Morgan fingerprint density at radius 1 is 1.33 bits per heavy atom. The molecule has 0 unspecified atom stereocenters. The molecule has 5 nitrogen and oxygen atoms in total. The Kier molecular flexibility index (Phi) is 4.69. The highest BCUT2D eigenvalue weighted by Crippen LogP contribution is 2.47. The largest absolute Gasteiger partial charge is 0.460 e. The third kappa shape index (κ3) is 4.04. The predicted molar refractivity (Wildman–Crippen MR) is 95.4 cm³/mol. The minimum atomic E-state index is -0.200. The van der Waals surface area contributed by atoms with E-state index in [0.29, 0.717) is 17.6 Å². The van der Waals surface area contributed by atoms with Gasteiger partial charge < -0.3 is 9.73 Å². The normalized spacial score (nSPS) is 19.5. The summed E-state index contributed by atoms with van der Waals surface area (Å²) in [6.07, 6.45) is 2.72. The highest BCUT2D eigenvalue weighted by atomic mass is 16.3. The minimum Gasteiger partial charge on any atom is -0.460 e. The molecule has 2 N–H and O–H groups in total. The van der Waals surface area contributed by atoms with Crippen LogP contribution in [0.4, 0.5) is 5.69 Å². The second-order valence-corrected chi connectivity index (χ2v) is 6.52. The lowest BCUT2D eigenvalue weighted by molar-refractivity contribution is -0.119. The van der Waals surface area contributed by atoms with Gasteiger partial charge in [-0.1, -0.05) is 24.6 Å². The van der Waals surface area contributed by atoms with E-state index in [2.05, 4.69) is 28.8 Å². The maximum Gasteiger partial charge on any atom is 0.259 e. The van der Waals surface area contributed by atoms with Crippen LogP contribution in [0.2, 0.25) is 0 Å². The van der Waals surface area contributed by atoms with Gasteiger partial charge in [-0.05, 0) is 49.9 Å². The van der Waals surface area contributed by atoms with Crippen LogP contribution in [0.1, 0.15) is 41.9 Å². The zero-order chi connectivity index (χ0) is 17.1. The van der Waals surface area contributed by atoms with E-state index in [1.807, 2.05) is 38.1 Å². The molecule has 2 atom stereocenters. The van der Waals surface area contributed by atoms with Gasteiger partial charge in [0.1, 0.15) is 11.5 Å². The molecule has 1 aliphatic rings. The number of hydrogen-bond acceptors (Lipinski definition) is 4. The van der Waals surface area contributed by atoms with Gasteiger partial charge in [-0.2, -0.15) is 5.10 Å². The third-order valence-electron chi connectivity index (χ3n) is 4.32. The van der Waals surface area contributed by atoms with Gasteiger partial charge in [0.15, 0.2) is 0 Å². The van der Waals surface area contributed by atoms with Crippen molar-refractivity contribution in [2.24, 2.45) is 11.0 Å². The van der Waals surface area contributed by atoms with Crippen molar-refractivity contribution in [1.29, 1.82) is 0 Å². The first-order valence-electron chi connectivity index (χ1n) is 8.25. The number of nitrogens with zero attached hydrogens (tertiary/aromatic N) is 1. The molecule has 1 saturated carbocycles. The number of furan rings is 1. The molecule has 1 amide bonds. The van der Waals surface area contributed by atoms with Crippen LogP contribution >= 0.6 is 0 Å². The zero-order valence-electron chi connectivity index (χ0n) is 14.3. The van der Waals surface area contributed by atoms with E-state index in [-0.39, 0.29) is 12.5 Å². The summed E-state index contributed by atoms with van der Waals surface area (Å²) in [5.74, 6) is 2.72. The van der Waals surface area contributed by atoms with Crippen molar-refractivity contribution in [2.45, 2.75) is 33.1 Å². The molecule has 0 saturated heterocycles. The summed E-state index contributed by atoms with van der Waals surface area (Å²) in [6, 6.07) is 9.93. The van der Waals surface area contributed by atoms with Crippen LogP contribution in [0.3, 0.4) is 0 Å². The maximum atomic E-state index is 11.8. The number of carbonyl (C=O) groups excluding carboxylic acids is 1. The maximum absolute atomic E-state index is 11.8. The van der Waals surface area contributed by atoms with Crippen molar-refractivity contribution >= 4 is 17.8 Å². The van der Waals surface area contributed by atoms with Gasteiger partial charge >= 0.3 is 0 Å². The van der Waals surface area contributed by atoms with E-state index in [1.165, 1.54) is 18.2 Å². The Balaban J connectivity index is 1.45. The fourth-order valence-electron chi connectivity index (χ4n) is 2.75. The number of hydrogen-bond donors (Lipinski definition) is 2. The molecule has 5 heteroatoms. The lowest BCUT2D eigenvalue weighted by Crippen LogP contribution is -2.26. The number of aryl methyl sites for hydroxylation is 2. The molecule has 1 fully saturated rings. The topological polar surface area (TPSA) is 66.6 Å². The highest BCUT2D eigenvalue weighted by molar-refractivity contribution is 5.83. The molecule has 0 bridgehead atoms. The molecule has 0 spiro atoms. The lowest BCUT2D eigenvalue weighted by atomic mass is 10.1. The van der Waals surface area contributed by atoms with Gasteiger partial charge in [0.25, 0.3) is 5.91 Å². The second kappa shape index (κ2) is 6.91.